The predicted octanol–water partition coefficient (Wildman–Crippen LogP) is 6.20. The molecular weight excluding hydrogens is 470 g/mol. The molecule has 0 aromatic rings. The molecule has 0 aromatic heterocycles. The minimum absolute atomic E-state index is 0.0368. The van der Waals surface area contributed by atoms with Crippen molar-refractivity contribution in [1.82, 2.24) is 5.32 Å². The van der Waals surface area contributed by atoms with Gasteiger partial charge in [-0.15, -0.1) is 0 Å². The third-order valence-corrected chi connectivity index (χ3v) is 7.96. The van der Waals surface area contributed by atoms with Gasteiger partial charge in [0.25, 0.3) is 0 Å². The fourth-order valence-electron chi connectivity index (χ4n) is 6.10. The average molecular weight is 528 g/mol. The maximum Gasteiger partial charge on any atom is 0.190 e. The number of hydrogen-bond donors (Lipinski definition) is 2. The number of aliphatic hydroxyl groups excluding tert-OH is 1. The molecule has 7 heteroatoms. The summed E-state index contributed by atoms with van der Waals surface area (Å²) in [6, 6.07) is -0.0368. The van der Waals surface area contributed by atoms with Crippen LogP contribution in [0.4, 0.5) is 0 Å². The van der Waals surface area contributed by atoms with E-state index >= 15 is 0 Å². The Balaban J connectivity index is 1.32. The second kappa shape index (κ2) is 15.5. The summed E-state index contributed by atoms with van der Waals surface area (Å²) in [7, 11) is 0. The third-order valence-electron chi connectivity index (χ3n) is 7.96. The maximum absolute atomic E-state index is 9.78. The van der Waals surface area contributed by atoms with Crippen LogP contribution in [0, 0.1) is 0 Å². The van der Waals surface area contributed by atoms with Gasteiger partial charge in [0, 0.05) is 12.6 Å². The van der Waals surface area contributed by atoms with Crippen molar-refractivity contribution in [2.45, 2.75) is 179 Å². The van der Waals surface area contributed by atoms with Gasteiger partial charge in [-0.05, 0) is 47.1 Å². The number of hydrogen-bond acceptors (Lipinski definition) is 7. The van der Waals surface area contributed by atoms with Crippen molar-refractivity contribution in [3.05, 3.63) is 0 Å². The number of unbranched alkanes of at least 4 members (excludes halogenated alkanes) is 13. The van der Waals surface area contributed by atoms with E-state index in [1.165, 1.54) is 83.5 Å². The van der Waals surface area contributed by atoms with E-state index in [4.69, 9.17) is 23.7 Å². The lowest BCUT2D eigenvalue weighted by Gasteiger charge is -2.41. The van der Waals surface area contributed by atoms with Gasteiger partial charge >= 0.3 is 0 Å². The molecule has 3 heterocycles. The summed E-state index contributed by atoms with van der Waals surface area (Å²) in [4.78, 5) is 0. The quantitative estimate of drug-likeness (QED) is 0.194. The lowest BCUT2D eigenvalue weighted by molar-refractivity contribution is -0.240. The van der Waals surface area contributed by atoms with Crippen LogP contribution in [0.25, 0.3) is 0 Å². The molecule has 0 unspecified atom stereocenters. The SMILES string of the molecule is CCCCCCCCCCCCCCCCN[C@@H](CCO)[C@H]1O[C@@H]2OC(C)(C)O[C@@H]2[C@H]2OC(C)(C)O[C@H]21. The molecule has 0 radical (unpaired) electrons. The van der Waals surface area contributed by atoms with Gasteiger partial charge in [-0.2, -0.15) is 0 Å². The summed E-state index contributed by atoms with van der Waals surface area (Å²) in [6.45, 7) is 10.9. The third kappa shape index (κ3) is 10.0. The molecule has 3 aliphatic heterocycles. The summed E-state index contributed by atoms with van der Waals surface area (Å²) in [5, 5.41) is 13.4. The van der Waals surface area contributed by atoms with Gasteiger partial charge in [0.1, 0.15) is 24.4 Å². The zero-order valence-corrected chi connectivity index (χ0v) is 24.5. The molecule has 6 atom stereocenters. The largest absolute Gasteiger partial charge is 0.396 e. The summed E-state index contributed by atoms with van der Waals surface area (Å²) >= 11 is 0. The van der Waals surface area contributed by atoms with Gasteiger partial charge in [-0.3, -0.25) is 0 Å². The molecule has 0 aromatic carbocycles. The topological polar surface area (TPSA) is 78.4 Å². The van der Waals surface area contributed by atoms with E-state index in [1.807, 2.05) is 27.7 Å². The van der Waals surface area contributed by atoms with E-state index < -0.39 is 17.9 Å². The Bertz CT molecular complexity index is 629. The van der Waals surface area contributed by atoms with Crippen molar-refractivity contribution in [2.24, 2.45) is 0 Å². The van der Waals surface area contributed by atoms with E-state index in [1.54, 1.807) is 0 Å². The second-order valence-corrected chi connectivity index (χ2v) is 12.3. The highest BCUT2D eigenvalue weighted by molar-refractivity contribution is 5.03. The van der Waals surface area contributed by atoms with Gasteiger partial charge in [-0.25, -0.2) is 0 Å². The van der Waals surface area contributed by atoms with Crippen molar-refractivity contribution in [1.29, 1.82) is 0 Å². The highest BCUT2D eigenvalue weighted by Crippen LogP contribution is 2.45. The first kappa shape index (κ1) is 31.3. The molecule has 3 aliphatic rings. The number of nitrogens with one attached hydrogen (secondary N) is 1. The Labute approximate surface area is 226 Å². The lowest BCUT2D eigenvalue weighted by Crippen LogP contribution is -2.61. The minimum Gasteiger partial charge on any atom is -0.396 e. The molecule has 0 bridgehead atoms. The van der Waals surface area contributed by atoms with Crippen LogP contribution in [0.2, 0.25) is 0 Å². The molecule has 0 saturated carbocycles. The van der Waals surface area contributed by atoms with Gasteiger partial charge in [0.2, 0.25) is 0 Å². The smallest absolute Gasteiger partial charge is 0.190 e. The van der Waals surface area contributed by atoms with Crippen LogP contribution < -0.4 is 5.32 Å². The van der Waals surface area contributed by atoms with Crippen LogP contribution in [0.15, 0.2) is 0 Å². The molecule has 0 amide bonds. The first-order chi connectivity index (χ1) is 17.8. The second-order valence-electron chi connectivity index (χ2n) is 12.3. The fourth-order valence-corrected chi connectivity index (χ4v) is 6.10. The van der Waals surface area contributed by atoms with Gasteiger partial charge in [-0.1, -0.05) is 90.4 Å². The van der Waals surface area contributed by atoms with Crippen LogP contribution >= 0.6 is 0 Å². The lowest BCUT2D eigenvalue weighted by atomic mass is 9.92. The summed E-state index contributed by atoms with van der Waals surface area (Å²) in [5.74, 6) is -1.43. The molecule has 7 nitrogen and oxygen atoms in total. The molecule has 3 fully saturated rings. The van der Waals surface area contributed by atoms with E-state index in [0.717, 1.165) is 13.0 Å². The van der Waals surface area contributed by atoms with Crippen molar-refractivity contribution < 1.29 is 28.8 Å². The molecule has 3 rings (SSSR count). The molecule has 3 saturated heterocycles. The Morgan fingerprint density at radius 2 is 1.14 bits per heavy atom. The molecule has 0 spiro atoms. The molecule has 2 N–H and O–H groups in total. The Morgan fingerprint density at radius 1 is 0.649 bits per heavy atom. The average Bonchev–Trinajstić information content (AvgIpc) is 3.34. The van der Waals surface area contributed by atoms with E-state index in [2.05, 4.69) is 12.2 Å². The van der Waals surface area contributed by atoms with Crippen LogP contribution in [0.1, 0.15) is 131 Å². The van der Waals surface area contributed by atoms with Crippen molar-refractivity contribution >= 4 is 0 Å². The molecule has 37 heavy (non-hydrogen) atoms. The standard InChI is InChI=1S/C30H57NO6/c1-6-7-8-9-10-11-12-13-14-15-16-17-18-19-21-31-23(20-22-32)24-25-26(35-29(2,3)34-25)27-28(33-24)37-30(4,5)36-27/h23-28,31-32H,6-22H2,1-5H3/t23-,24+,25-,26-,27+,28+/m0/s1. The van der Waals surface area contributed by atoms with Crippen LogP contribution in [-0.4, -0.2) is 66.6 Å². The van der Waals surface area contributed by atoms with Gasteiger partial charge in [0.05, 0.1) is 0 Å². The Morgan fingerprint density at radius 3 is 1.70 bits per heavy atom. The predicted molar refractivity (Wildman–Crippen MR) is 146 cm³/mol. The summed E-state index contributed by atoms with van der Waals surface area (Å²) < 4.78 is 31.1. The summed E-state index contributed by atoms with van der Waals surface area (Å²) in [6.07, 6.45) is 18.0. The molecule has 0 aliphatic carbocycles. The van der Waals surface area contributed by atoms with E-state index in [-0.39, 0.29) is 37.1 Å². The highest BCUT2D eigenvalue weighted by atomic mass is 16.9. The maximum atomic E-state index is 9.78. The zero-order valence-electron chi connectivity index (χ0n) is 24.5. The number of aliphatic hydroxyl groups is 1. The van der Waals surface area contributed by atoms with E-state index in [0.29, 0.717) is 6.42 Å². The summed E-state index contributed by atoms with van der Waals surface area (Å²) in [5.41, 5.74) is 0. The Hall–Kier alpha value is -0.280. The van der Waals surface area contributed by atoms with Crippen molar-refractivity contribution in [3.63, 3.8) is 0 Å². The minimum atomic E-state index is -0.723. The van der Waals surface area contributed by atoms with E-state index in [9.17, 15) is 5.11 Å². The van der Waals surface area contributed by atoms with Crippen LogP contribution in [-0.2, 0) is 23.7 Å². The number of rotatable bonds is 19. The molecule has 218 valence electrons. The number of fused-ring (bicyclic) bond motifs is 3. The Kier molecular flexibility index (Phi) is 13.1. The van der Waals surface area contributed by atoms with Crippen molar-refractivity contribution in [3.8, 4) is 0 Å². The first-order valence-corrected chi connectivity index (χ1v) is 15.5. The fraction of sp³-hybridized carbons (Fsp3) is 1.00. The first-order valence-electron chi connectivity index (χ1n) is 15.5. The normalized spacial score (nSPS) is 30.8. The van der Waals surface area contributed by atoms with Crippen LogP contribution in [0.3, 0.4) is 0 Å². The van der Waals surface area contributed by atoms with Crippen molar-refractivity contribution in [2.75, 3.05) is 13.2 Å². The number of ether oxygens (including phenoxy) is 5. The van der Waals surface area contributed by atoms with Crippen LogP contribution in [0.5, 0.6) is 0 Å². The monoisotopic (exact) mass is 527 g/mol. The van der Waals surface area contributed by atoms with Gasteiger partial charge < -0.3 is 34.1 Å². The molecular formula is C30H57NO6. The van der Waals surface area contributed by atoms with Gasteiger partial charge in [0.15, 0.2) is 17.9 Å². The highest BCUT2D eigenvalue weighted by Gasteiger charge is 2.61. The zero-order chi connectivity index (χ0) is 26.7.